The van der Waals surface area contributed by atoms with E-state index in [0.29, 0.717) is 18.7 Å². The van der Waals surface area contributed by atoms with Crippen molar-refractivity contribution < 1.29 is 13.6 Å². The third-order valence-corrected chi connectivity index (χ3v) is 6.12. The van der Waals surface area contributed by atoms with Crippen molar-refractivity contribution in [3.63, 3.8) is 0 Å². The second-order valence-electron chi connectivity index (χ2n) is 6.21. The van der Waals surface area contributed by atoms with Crippen LogP contribution in [0.3, 0.4) is 0 Å². The molecule has 1 unspecified atom stereocenters. The van der Waals surface area contributed by atoms with Crippen LogP contribution < -0.4 is 9.61 Å². The lowest BCUT2D eigenvalue weighted by atomic mass is 9.83. The molecule has 1 fully saturated rings. The van der Waals surface area contributed by atoms with Gasteiger partial charge in [0, 0.05) is 6.54 Å². The fourth-order valence-electron chi connectivity index (χ4n) is 3.30. The van der Waals surface area contributed by atoms with E-state index in [-0.39, 0.29) is 0 Å². The zero-order valence-electron chi connectivity index (χ0n) is 14.2. The highest BCUT2D eigenvalue weighted by atomic mass is 31.2. The first-order chi connectivity index (χ1) is 12.7. The zero-order valence-corrected chi connectivity index (χ0v) is 15.1. The summed E-state index contributed by atoms with van der Waals surface area (Å²) in [5.41, 5.74) is 1.10. The van der Waals surface area contributed by atoms with E-state index in [2.05, 4.69) is 5.09 Å². The van der Waals surface area contributed by atoms with Crippen molar-refractivity contribution >= 4 is 7.75 Å². The van der Waals surface area contributed by atoms with Crippen molar-refractivity contribution in [2.45, 2.75) is 12.0 Å². The van der Waals surface area contributed by atoms with Crippen LogP contribution >= 0.6 is 7.75 Å². The van der Waals surface area contributed by atoms with Crippen molar-refractivity contribution in [2.24, 2.45) is 0 Å². The summed E-state index contributed by atoms with van der Waals surface area (Å²) in [5.74, 6) is 0.514. The zero-order chi connectivity index (χ0) is 17.9. The van der Waals surface area contributed by atoms with Gasteiger partial charge in [0.25, 0.3) is 0 Å². The van der Waals surface area contributed by atoms with Crippen LogP contribution in [-0.2, 0) is 14.7 Å². The fourth-order valence-corrected chi connectivity index (χ4v) is 4.96. The Morgan fingerprint density at radius 2 is 1.31 bits per heavy atom. The van der Waals surface area contributed by atoms with Crippen LogP contribution in [0.1, 0.15) is 17.5 Å². The molecule has 1 N–H and O–H groups in total. The number of para-hydroxylation sites is 1. The Kier molecular flexibility index (Phi) is 4.64. The van der Waals surface area contributed by atoms with Crippen molar-refractivity contribution in [1.82, 2.24) is 5.09 Å². The molecule has 5 heteroatoms. The van der Waals surface area contributed by atoms with Gasteiger partial charge >= 0.3 is 7.75 Å². The Bertz CT molecular complexity index is 861. The van der Waals surface area contributed by atoms with Gasteiger partial charge in [-0.3, -0.25) is 4.52 Å². The molecule has 0 amide bonds. The van der Waals surface area contributed by atoms with E-state index in [1.807, 2.05) is 78.9 Å². The van der Waals surface area contributed by atoms with Crippen LogP contribution in [0, 0.1) is 0 Å². The minimum absolute atomic E-state index is 0.514. The Labute approximate surface area is 153 Å². The van der Waals surface area contributed by atoms with Gasteiger partial charge in [-0.05, 0) is 29.7 Å². The highest BCUT2D eigenvalue weighted by molar-refractivity contribution is 7.52. The van der Waals surface area contributed by atoms with Gasteiger partial charge in [-0.2, -0.15) is 0 Å². The molecule has 0 saturated carbocycles. The molecule has 0 aliphatic carbocycles. The van der Waals surface area contributed by atoms with E-state index in [1.165, 1.54) is 0 Å². The Morgan fingerprint density at radius 3 is 1.85 bits per heavy atom. The van der Waals surface area contributed by atoms with Gasteiger partial charge in [0.1, 0.15) is 11.4 Å². The first kappa shape index (κ1) is 17.0. The molecule has 3 aromatic carbocycles. The summed E-state index contributed by atoms with van der Waals surface area (Å²) in [5, 5.41) is 2.95. The Balaban J connectivity index is 1.76. The van der Waals surface area contributed by atoms with Crippen LogP contribution in [0.25, 0.3) is 0 Å². The first-order valence-electron chi connectivity index (χ1n) is 8.62. The molecule has 0 bridgehead atoms. The maximum atomic E-state index is 13.4. The minimum Gasteiger partial charge on any atom is -0.413 e. The molecule has 1 saturated heterocycles. The van der Waals surface area contributed by atoms with E-state index in [0.717, 1.165) is 11.1 Å². The molecular formula is C21H20NO3P. The molecule has 0 aromatic heterocycles. The highest BCUT2D eigenvalue weighted by Crippen LogP contribution is 2.56. The molecule has 1 atom stereocenters. The average Bonchev–Trinajstić information content (AvgIpc) is 2.70. The Hall–Kier alpha value is -2.39. The number of rotatable bonds is 4. The van der Waals surface area contributed by atoms with Gasteiger partial charge in [0.05, 0.1) is 0 Å². The maximum absolute atomic E-state index is 13.4. The first-order valence-corrected chi connectivity index (χ1v) is 10.2. The molecule has 0 spiro atoms. The maximum Gasteiger partial charge on any atom is 0.459 e. The summed E-state index contributed by atoms with van der Waals surface area (Å²) < 4.78 is 25.4. The summed E-state index contributed by atoms with van der Waals surface area (Å²) in [6, 6.07) is 28.9. The summed E-state index contributed by atoms with van der Waals surface area (Å²) >= 11 is 0. The lowest BCUT2D eigenvalue weighted by molar-refractivity contribution is 0.0660. The van der Waals surface area contributed by atoms with E-state index in [9.17, 15) is 4.57 Å². The molecule has 1 aliphatic heterocycles. The van der Waals surface area contributed by atoms with Crippen LogP contribution in [0.5, 0.6) is 5.75 Å². The summed E-state index contributed by atoms with van der Waals surface area (Å²) in [4.78, 5) is 0. The molecule has 1 aliphatic rings. The largest absolute Gasteiger partial charge is 0.459 e. The monoisotopic (exact) mass is 365 g/mol. The van der Waals surface area contributed by atoms with Crippen molar-refractivity contribution in [3.8, 4) is 5.75 Å². The number of hydrogen-bond acceptors (Lipinski definition) is 3. The Morgan fingerprint density at radius 1 is 0.808 bits per heavy atom. The van der Waals surface area contributed by atoms with E-state index in [4.69, 9.17) is 9.05 Å². The van der Waals surface area contributed by atoms with Crippen LogP contribution in [0.2, 0.25) is 0 Å². The van der Waals surface area contributed by atoms with Crippen LogP contribution in [-0.4, -0.2) is 6.54 Å². The topological polar surface area (TPSA) is 47.6 Å². The van der Waals surface area contributed by atoms with E-state index < -0.39 is 13.3 Å². The van der Waals surface area contributed by atoms with Gasteiger partial charge in [-0.1, -0.05) is 78.9 Å². The van der Waals surface area contributed by atoms with Crippen molar-refractivity contribution in [2.75, 3.05) is 6.54 Å². The quantitative estimate of drug-likeness (QED) is 0.652. The van der Waals surface area contributed by atoms with E-state index in [1.54, 1.807) is 12.1 Å². The molecule has 4 nitrogen and oxygen atoms in total. The number of nitrogens with one attached hydrogen (secondary N) is 1. The van der Waals surface area contributed by atoms with Crippen LogP contribution in [0.4, 0.5) is 0 Å². The molecule has 1 heterocycles. The SMILES string of the molecule is O=P1(Oc2ccccc2)NCCC(c2ccccc2)(c2ccccc2)O1. The lowest BCUT2D eigenvalue weighted by Gasteiger charge is -2.41. The predicted octanol–water partition coefficient (Wildman–Crippen LogP) is 5.13. The second-order valence-corrected chi connectivity index (χ2v) is 7.89. The summed E-state index contributed by atoms with van der Waals surface area (Å²) in [6.45, 7) is 0.522. The molecule has 3 aromatic rings. The standard InChI is InChI=1S/C21H20NO3P/c23-26(24-20-14-8-3-9-15-20)22-17-16-21(25-26,18-10-4-1-5-11-18)19-12-6-2-7-13-19/h1-15H,16-17H2,(H,22,23). The number of benzene rings is 3. The minimum atomic E-state index is -3.54. The van der Waals surface area contributed by atoms with Gasteiger partial charge in [-0.15, -0.1) is 0 Å². The highest BCUT2D eigenvalue weighted by Gasteiger charge is 2.47. The fraction of sp³-hybridized carbons (Fsp3) is 0.143. The summed E-state index contributed by atoms with van der Waals surface area (Å²) in [6.07, 6.45) is 0.656. The lowest BCUT2D eigenvalue weighted by Crippen LogP contribution is -2.41. The molecule has 4 rings (SSSR count). The normalized spacial score (nSPS) is 21.8. The van der Waals surface area contributed by atoms with Gasteiger partial charge < -0.3 is 4.52 Å². The molecule has 132 valence electrons. The smallest absolute Gasteiger partial charge is 0.413 e. The third kappa shape index (κ3) is 3.32. The van der Waals surface area contributed by atoms with E-state index >= 15 is 0 Å². The molecule has 0 radical (unpaired) electrons. The molecular weight excluding hydrogens is 345 g/mol. The van der Waals surface area contributed by atoms with Gasteiger partial charge in [-0.25, -0.2) is 9.65 Å². The van der Waals surface area contributed by atoms with Gasteiger partial charge in [0.15, 0.2) is 0 Å². The third-order valence-electron chi connectivity index (χ3n) is 4.51. The average molecular weight is 365 g/mol. The van der Waals surface area contributed by atoms with Crippen molar-refractivity contribution in [3.05, 3.63) is 102 Å². The molecule has 26 heavy (non-hydrogen) atoms. The van der Waals surface area contributed by atoms with Gasteiger partial charge in [0.2, 0.25) is 0 Å². The summed E-state index contributed by atoms with van der Waals surface area (Å²) in [7, 11) is -3.54. The number of hydrogen-bond donors (Lipinski definition) is 1. The second kappa shape index (κ2) is 7.08. The van der Waals surface area contributed by atoms with Crippen molar-refractivity contribution in [1.29, 1.82) is 0 Å². The predicted molar refractivity (Wildman–Crippen MR) is 102 cm³/mol. The van der Waals surface area contributed by atoms with Crippen LogP contribution in [0.15, 0.2) is 91.0 Å².